The molecule has 0 unspecified atom stereocenters. The maximum Gasteiger partial charge on any atom is 0.237 e. The van der Waals surface area contributed by atoms with Crippen LogP contribution in [0.15, 0.2) is 18.3 Å². The first kappa shape index (κ1) is 10.8. The molecular formula is C11H18N2O. The van der Waals surface area contributed by atoms with Crippen molar-refractivity contribution in [3.8, 4) is 5.88 Å². The topological polar surface area (TPSA) is 48.1 Å². The summed E-state index contributed by atoms with van der Waals surface area (Å²) in [5.41, 5.74) is 6.56. The van der Waals surface area contributed by atoms with Crippen LogP contribution in [-0.2, 0) is 0 Å². The van der Waals surface area contributed by atoms with Crippen LogP contribution < -0.4 is 10.5 Å². The molecule has 1 aromatic heterocycles. The Hall–Kier alpha value is -1.25. The van der Waals surface area contributed by atoms with E-state index in [0.717, 1.165) is 6.42 Å². The van der Waals surface area contributed by atoms with E-state index in [0.29, 0.717) is 18.2 Å². The lowest BCUT2D eigenvalue weighted by atomic mass is 9.93. The van der Waals surface area contributed by atoms with Gasteiger partial charge in [0.1, 0.15) is 0 Å². The number of aromatic nitrogens is 1. The number of hydrogen-bond donors (Lipinski definition) is 1. The van der Waals surface area contributed by atoms with Gasteiger partial charge in [-0.3, -0.25) is 0 Å². The Morgan fingerprint density at radius 1 is 1.43 bits per heavy atom. The fourth-order valence-electron chi connectivity index (χ4n) is 0.978. The molecule has 3 heteroatoms. The van der Waals surface area contributed by atoms with E-state index in [-0.39, 0.29) is 5.41 Å². The average molecular weight is 194 g/mol. The molecule has 0 fully saturated rings. The van der Waals surface area contributed by atoms with E-state index in [9.17, 15) is 0 Å². The smallest absolute Gasteiger partial charge is 0.237 e. The Morgan fingerprint density at radius 3 is 2.71 bits per heavy atom. The molecule has 3 nitrogen and oxygen atoms in total. The van der Waals surface area contributed by atoms with Gasteiger partial charge in [0, 0.05) is 6.20 Å². The summed E-state index contributed by atoms with van der Waals surface area (Å²) in [6.45, 7) is 7.19. The average Bonchev–Trinajstić information content (AvgIpc) is 2.06. The fraction of sp³-hybridized carbons (Fsp3) is 0.545. The summed E-state index contributed by atoms with van der Waals surface area (Å²) >= 11 is 0. The zero-order valence-corrected chi connectivity index (χ0v) is 9.08. The summed E-state index contributed by atoms with van der Waals surface area (Å²) in [7, 11) is 0. The number of nitrogen functional groups attached to an aromatic ring is 1. The Bertz CT molecular complexity index is 292. The summed E-state index contributed by atoms with van der Waals surface area (Å²) in [6, 6.07) is 3.59. The van der Waals surface area contributed by atoms with Crippen LogP contribution in [0.5, 0.6) is 5.88 Å². The first-order valence-electron chi connectivity index (χ1n) is 4.82. The van der Waals surface area contributed by atoms with E-state index in [2.05, 4.69) is 25.8 Å². The van der Waals surface area contributed by atoms with Crippen LogP contribution in [0.25, 0.3) is 0 Å². The highest BCUT2D eigenvalue weighted by Gasteiger charge is 2.10. The largest absolute Gasteiger partial charge is 0.476 e. The molecule has 2 N–H and O–H groups in total. The molecule has 0 spiro atoms. The summed E-state index contributed by atoms with van der Waals surface area (Å²) in [5.74, 6) is 0.539. The van der Waals surface area contributed by atoms with Gasteiger partial charge in [-0.15, -0.1) is 0 Å². The zero-order chi connectivity index (χ0) is 10.6. The second kappa shape index (κ2) is 4.31. The first-order valence-corrected chi connectivity index (χ1v) is 4.82. The van der Waals surface area contributed by atoms with Gasteiger partial charge in [-0.05, 0) is 24.0 Å². The lowest BCUT2D eigenvalue weighted by Gasteiger charge is -2.18. The standard InChI is InChI=1S/C11H18N2O/c1-11(2,3)6-8-14-10-9(12)5-4-7-13-10/h4-5,7H,6,8,12H2,1-3H3. The molecule has 0 aliphatic heterocycles. The molecule has 0 aliphatic carbocycles. The molecule has 0 atom stereocenters. The SMILES string of the molecule is CC(C)(C)CCOc1ncccc1N. The van der Waals surface area contributed by atoms with Crippen LogP contribution in [0.3, 0.4) is 0 Å². The quantitative estimate of drug-likeness (QED) is 0.804. The van der Waals surface area contributed by atoms with Gasteiger partial charge in [0.05, 0.1) is 12.3 Å². The minimum atomic E-state index is 0.281. The fourth-order valence-corrected chi connectivity index (χ4v) is 0.978. The van der Waals surface area contributed by atoms with Crippen LogP contribution in [0.1, 0.15) is 27.2 Å². The second-order valence-electron chi connectivity index (χ2n) is 4.56. The lowest BCUT2D eigenvalue weighted by Crippen LogP contribution is -2.12. The number of ether oxygens (including phenoxy) is 1. The van der Waals surface area contributed by atoms with Gasteiger partial charge >= 0.3 is 0 Å². The van der Waals surface area contributed by atoms with Crippen LogP contribution in [0.2, 0.25) is 0 Å². The molecular weight excluding hydrogens is 176 g/mol. The van der Waals surface area contributed by atoms with Gasteiger partial charge in [-0.25, -0.2) is 4.98 Å². The zero-order valence-electron chi connectivity index (χ0n) is 9.08. The van der Waals surface area contributed by atoms with E-state index < -0.39 is 0 Å². The Morgan fingerprint density at radius 2 is 2.14 bits per heavy atom. The number of anilines is 1. The van der Waals surface area contributed by atoms with Crippen molar-refractivity contribution in [3.63, 3.8) is 0 Å². The molecule has 14 heavy (non-hydrogen) atoms. The third-order valence-corrected chi connectivity index (χ3v) is 1.89. The Balaban J connectivity index is 2.43. The predicted octanol–water partition coefficient (Wildman–Crippen LogP) is 2.48. The van der Waals surface area contributed by atoms with Crippen molar-refractivity contribution >= 4 is 5.69 Å². The van der Waals surface area contributed by atoms with Crippen LogP contribution in [-0.4, -0.2) is 11.6 Å². The van der Waals surface area contributed by atoms with Gasteiger partial charge < -0.3 is 10.5 Å². The van der Waals surface area contributed by atoms with Crippen molar-refractivity contribution in [2.24, 2.45) is 5.41 Å². The number of nitrogens with zero attached hydrogens (tertiary/aromatic N) is 1. The van der Waals surface area contributed by atoms with E-state index in [1.807, 2.05) is 0 Å². The lowest BCUT2D eigenvalue weighted by molar-refractivity contribution is 0.237. The van der Waals surface area contributed by atoms with E-state index in [1.54, 1.807) is 18.3 Å². The number of nitrogens with two attached hydrogens (primary N) is 1. The van der Waals surface area contributed by atoms with Gasteiger partial charge in [0.2, 0.25) is 5.88 Å². The van der Waals surface area contributed by atoms with Crippen LogP contribution in [0.4, 0.5) is 5.69 Å². The number of hydrogen-bond acceptors (Lipinski definition) is 3. The van der Waals surface area contributed by atoms with Gasteiger partial charge in [0.25, 0.3) is 0 Å². The van der Waals surface area contributed by atoms with Crippen molar-refractivity contribution in [2.45, 2.75) is 27.2 Å². The molecule has 0 saturated carbocycles. The molecule has 0 saturated heterocycles. The highest BCUT2D eigenvalue weighted by Crippen LogP contribution is 2.21. The van der Waals surface area contributed by atoms with Crippen molar-refractivity contribution in [2.75, 3.05) is 12.3 Å². The predicted molar refractivity (Wildman–Crippen MR) is 58.2 cm³/mol. The van der Waals surface area contributed by atoms with Crippen molar-refractivity contribution in [1.29, 1.82) is 0 Å². The number of pyridine rings is 1. The highest BCUT2D eigenvalue weighted by molar-refractivity contribution is 5.46. The van der Waals surface area contributed by atoms with E-state index >= 15 is 0 Å². The maximum absolute atomic E-state index is 5.68. The maximum atomic E-state index is 5.68. The number of rotatable bonds is 3. The normalized spacial score (nSPS) is 11.4. The molecule has 0 amide bonds. The molecule has 0 radical (unpaired) electrons. The van der Waals surface area contributed by atoms with E-state index in [4.69, 9.17) is 10.5 Å². The van der Waals surface area contributed by atoms with Gasteiger partial charge in [0.15, 0.2) is 0 Å². The molecule has 1 heterocycles. The summed E-state index contributed by atoms with van der Waals surface area (Å²) < 4.78 is 5.48. The van der Waals surface area contributed by atoms with Gasteiger partial charge in [-0.1, -0.05) is 20.8 Å². The third-order valence-electron chi connectivity index (χ3n) is 1.89. The minimum absolute atomic E-state index is 0.281. The third kappa shape index (κ3) is 3.64. The van der Waals surface area contributed by atoms with Crippen molar-refractivity contribution in [3.05, 3.63) is 18.3 Å². The van der Waals surface area contributed by atoms with Gasteiger partial charge in [-0.2, -0.15) is 0 Å². The molecule has 78 valence electrons. The summed E-state index contributed by atoms with van der Waals surface area (Å²) in [5, 5.41) is 0. The Labute approximate surface area is 85.3 Å². The second-order valence-corrected chi connectivity index (χ2v) is 4.56. The minimum Gasteiger partial charge on any atom is -0.476 e. The Kier molecular flexibility index (Phi) is 3.33. The molecule has 1 rings (SSSR count). The monoisotopic (exact) mass is 194 g/mol. The van der Waals surface area contributed by atoms with Crippen LogP contribution in [0, 0.1) is 5.41 Å². The summed E-state index contributed by atoms with van der Waals surface area (Å²) in [6.07, 6.45) is 2.67. The molecule has 0 aliphatic rings. The van der Waals surface area contributed by atoms with E-state index in [1.165, 1.54) is 0 Å². The molecule has 1 aromatic rings. The van der Waals surface area contributed by atoms with Crippen molar-refractivity contribution < 1.29 is 4.74 Å². The molecule has 0 aromatic carbocycles. The molecule has 0 bridgehead atoms. The van der Waals surface area contributed by atoms with Crippen LogP contribution >= 0.6 is 0 Å². The van der Waals surface area contributed by atoms with Crippen molar-refractivity contribution in [1.82, 2.24) is 4.98 Å². The summed E-state index contributed by atoms with van der Waals surface area (Å²) in [4.78, 5) is 4.05. The highest BCUT2D eigenvalue weighted by atomic mass is 16.5. The first-order chi connectivity index (χ1) is 6.49.